The van der Waals surface area contributed by atoms with Crippen molar-refractivity contribution in [2.75, 3.05) is 7.11 Å². The van der Waals surface area contributed by atoms with E-state index in [1.165, 1.54) is 5.01 Å². The molecule has 4 rings (SSSR count). The molecule has 1 amide bonds. The SMILES string of the molecule is COc1ccc2cc([C@@H]3CC(c4cccc(C)c4)=NN3C(=O)CCC(=O)O)c(Cl)nc2c1. The highest BCUT2D eigenvalue weighted by Gasteiger charge is 2.35. The van der Waals surface area contributed by atoms with E-state index in [-0.39, 0.29) is 23.9 Å². The van der Waals surface area contributed by atoms with Crippen LogP contribution in [0.3, 0.4) is 0 Å². The first kappa shape index (κ1) is 21.8. The van der Waals surface area contributed by atoms with E-state index in [1.807, 2.05) is 49.4 Å². The average Bonchev–Trinajstić information content (AvgIpc) is 3.22. The quantitative estimate of drug-likeness (QED) is 0.546. The van der Waals surface area contributed by atoms with E-state index < -0.39 is 12.0 Å². The van der Waals surface area contributed by atoms with Crippen LogP contribution in [0.25, 0.3) is 10.9 Å². The standard InChI is InChI=1S/C24H22ClN3O4/c1-14-4-3-5-15(10-14)20-13-21(28(27-20)22(29)8-9-23(30)31)18-11-16-6-7-17(32-2)12-19(16)26-24(18)25/h3-7,10-12,21H,8-9,13H2,1-2H3,(H,30,31)/t21-/m0/s1. The maximum Gasteiger partial charge on any atom is 0.303 e. The number of hydrogen-bond donors (Lipinski definition) is 1. The lowest BCUT2D eigenvalue weighted by molar-refractivity contribution is -0.141. The molecule has 164 valence electrons. The topological polar surface area (TPSA) is 92.1 Å². The summed E-state index contributed by atoms with van der Waals surface area (Å²) in [5, 5.41) is 16.1. The molecule has 0 radical (unpaired) electrons. The minimum Gasteiger partial charge on any atom is -0.497 e. The molecule has 1 aliphatic rings. The Balaban J connectivity index is 1.74. The van der Waals surface area contributed by atoms with Gasteiger partial charge in [-0.3, -0.25) is 9.59 Å². The molecule has 0 saturated heterocycles. The number of ether oxygens (including phenoxy) is 1. The van der Waals surface area contributed by atoms with Gasteiger partial charge >= 0.3 is 5.97 Å². The first-order valence-corrected chi connectivity index (χ1v) is 10.6. The Morgan fingerprint density at radius 1 is 1.19 bits per heavy atom. The Bertz CT molecular complexity index is 1240. The summed E-state index contributed by atoms with van der Waals surface area (Å²) in [6.07, 6.45) is 0.0401. The van der Waals surface area contributed by atoms with Gasteiger partial charge in [-0.1, -0.05) is 41.4 Å². The number of hydrazone groups is 1. The van der Waals surface area contributed by atoms with Gasteiger partial charge < -0.3 is 9.84 Å². The first-order valence-electron chi connectivity index (χ1n) is 10.2. The maximum atomic E-state index is 12.9. The van der Waals surface area contributed by atoms with Gasteiger partial charge in [-0.2, -0.15) is 5.10 Å². The molecule has 0 fully saturated rings. The van der Waals surface area contributed by atoms with Gasteiger partial charge in [0.2, 0.25) is 5.91 Å². The van der Waals surface area contributed by atoms with Gasteiger partial charge in [0.25, 0.3) is 0 Å². The number of carboxylic acid groups (broad SMARTS) is 1. The van der Waals surface area contributed by atoms with E-state index in [0.717, 1.165) is 22.2 Å². The second-order valence-corrected chi connectivity index (χ2v) is 8.05. The maximum absolute atomic E-state index is 12.9. The molecule has 0 unspecified atom stereocenters. The second-order valence-electron chi connectivity index (χ2n) is 7.70. The summed E-state index contributed by atoms with van der Waals surface area (Å²) >= 11 is 6.56. The van der Waals surface area contributed by atoms with Crippen LogP contribution in [0.4, 0.5) is 0 Å². The van der Waals surface area contributed by atoms with Gasteiger partial charge in [-0.25, -0.2) is 9.99 Å². The normalized spacial score (nSPS) is 15.7. The molecule has 0 bridgehead atoms. The number of nitrogens with zero attached hydrogens (tertiary/aromatic N) is 3. The van der Waals surface area contributed by atoms with Crippen LogP contribution >= 0.6 is 11.6 Å². The third kappa shape index (κ3) is 4.43. The van der Waals surface area contributed by atoms with Crippen LogP contribution in [-0.2, 0) is 9.59 Å². The predicted octanol–water partition coefficient (Wildman–Crippen LogP) is 4.75. The number of hydrogen-bond acceptors (Lipinski definition) is 5. The largest absolute Gasteiger partial charge is 0.497 e. The number of aryl methyl sites for hydroxylation is 1. The zero-order valence-electron chi connectivity index (χ0n) is 17.7. The van der Waals surface area contributed by atoms with Crippen molar-refractivity contribution >= 4 is 40.1 Å². The van der Waals surface area contributed by atoms with Gasteiger partial charge in [0.05, 0.1) is 30.8 Å². The number of fused-ring (bicyclic) bond motifs is 1. The van der Waals surface area contributed by atoms with Gasteiger partial charge in [-0.05, 0) is 30.7 Å². The van der Waals surface area contributed by atoms with Gasteiger partial charge in [0, 0.05) is 29.9 Å². The molecule has 1 aliphatic heterocycles. The van der Waals surface area contributed by atoms with Crippen molar-refractivity contribution in [3.63, 3.8) is 0 Å². The van der Waals surface area contributed by atoms with Gasteiger partial charge in [0.15, 0.2) is 0 Å². The molecule has 1 aromatic heterocycles. The smallest absolute Gasteiger partial charge is 0.303 e. The van der Waals surface area contributed by atoms with Crippen LogP contribution in [-0.4, -0.2) is 39.8 Å². The molecule has 0 saturated carbocycles. The summed E-state index contributed by atoms with van der Waals surface area (Å²) in [7, 11) is 1.58. The molecular weight excluding hydrogens is 430 g/mol. The molecule has 2 aromatic carbocycles. The number of benzene rings is 2. The Labute approximate surface area is 190 Å². The Morgan fingerprint density at radius 2 is 2.00 bits per heavy atom. The van der Waals surface area contributed by atoms with E-state index in [2.05, 4.69) is 10.1 Å². The summed E-state index contributed by atoms with van der Waals surface area (Å²) in [6.45, 7) is 1.99. The number of halogens is 1. The number of aromatic nitrogens is 1. The van der Waals surface area contributed by atoms with Gasteiger partial charge in [0.1, 0.15) is 10.9 Å². The second kappa shape index (κ2) is 8.96. The number of rotatable bonds is 6. The lowest BCUT2D eigenvalue weighted by Gasteiger charge is -2.23. The summed E-state index contributed by atoms with van der Waals surface area (Å²) in [4.78, 5) is 28.4. The highest BCUT2D eigenvalue weighted by molar-refractivity contribution is 6.30. The number of pyridine rings is 1. The fourth-order valence-electron chi connectivity index (χ4n) is 3.81. The number of carbonyl (C=O) groups excluding carboxylic acids is 1. The number of methoxy groups -OCH3 is 1. The van der Waals surface area contributed by atoms with Gasteiger partial charge in [-0.15, -0.1) is 0 Å². The van der Waals surface area contributed by atoms with Crippen molar-refractivity contribution < 1.29 is 19.4 Å². The zero-order valence-corrected chi connectivity index (χ0v) is 18.5. The van der Waals surface area contributed by atoms with E-state index in [4.69, 9.17) is 21.4 Å². The molecule has 3 aromatic rings. The molecule has 0 spiro atoms. The molecule has 1 N–H and O–H groups in total. The van der Waals surface area contributed by atoms with Crippen molar-refractivity contribution in [3.8, 4) is 5.75 Å². The first-order chi connectivity index (χ1) is 15.4. The number of aliphatic carboxylic acids is 1. The summed E-state index contributed by atoms with van der Waals surface area (Å²) in [6, 6.07) is 14.8. The van der Waals surface area contributed by atoms with Crippen molar-refractivity contribution in [2.24, 2.45) is 5.10 Å². The van der Waals surface area contributed by atoms with Crippen LogP contribution < -0.4 is 4.74 Å². The van der Waals surface area contributed by atoms with E-state index in [9.17, 15) is 9.59 Å². The Morgan fingerprint density at radius 3 is 2.72 bits per heavy atom. The van der Waals surface area contributed by atoms with Crippen molar-refractivity contribution in [3.05, 3.63) is 70.4 Å². The number of amides is 1. The van der Waals surface area contributed by atoms with Crippen molar-refractivity contribution in [1.29, 1.82) is 0 Å². The number of carboxylic acids is 1. The van der Waals surface area contributed by atoms with E-state index in [1.54, 1.807) is 13.2 Å². The molecule has 2 heterocycles. The van der Waals surface area contributed by atoms with Crippen LogP contribution in [0.15, 0.2) is 53.6 Å². The fraction of sp³-hybridized carbons (Fsp3) is 0.250. The fourth-order valence-corrected chi connectivity index (χ4v) is 4.08. The lowest BCUT2D eigenvalue weighted by Crippen LogP contribution is -2.27. The number of carbonyl (C=O) groups is 2. The molecule has 0 aliphatic carbocycles. The van der Waals surface area contributed by atoms with Crippen LogP contribution in [0.2, 0.25) is 5.15 Å². The average molecular weight is 452 g/mol. The monoisotopic (exact) mass is 451 g/mol. The van der Waals surface area contributed by atoms with Crippen molar-refractivity contribution in [1.82, 2.24) is 9.99 Å². The summed E-state index contributed by atoms with van der Waals surface area (Å²) in [5.74, 6) is -0.729. The molecular formula is C24H22ClN3O4. The minimum absolute atomic E-state index is 0.147. The predicted molar refractivity (Wildman–Crippen MR) is 122 cm³/mol. The Kier molecular flexibility index (Phi) is 6.10. The molecule has 1 atom stereocenters. The Hall–Kier alpha value is -3.45. The van der Waals surface area contributed by atoms with Crippen LogP contribution in [0.5, 0.6) is 5.75 Å². The summed E-state index contributed by atoms with van der Waals surface area (Å²) in [5.41, 5.74) is 4.09. The van der Waals surface area contributed by atoms with E-state index in [0.29, 0.717) is 23.3 Å². The molecule has 7 nitrogen and oxygen atoms in total. The lowest BCUT2D eigenvalue weighted by atomic mass is 9.97. The third-order valence-electron chi connectivity index (χ3n) is 5.43. The highest BCUT2D eigenvalue weighted by Crippen LogP contribution is 2.38. The van der Waals surface area contributed by atoms with Crippen molar-refractivity contribution in [2.45, 2.75) is 32.2 Å². The molecule has 8 heteroatoms. The third-order valence-corrected chi connectivity index (χ3v) is 5.74. The molecule has 32 heavy (non-hydrogen) atoms. The highest BCUT2D eigenvalue weighted by atomic mass is 35.5. The van der Waals surface area contributed by atoms with Crippen LogP contribution in [0, 0.1) is 6.92 Å². The summed E-state index contributed by atoms with van der Waals surface area (Å²) < 4.78 is 5.26. The van der Waals surface area contributed by atoms with Crippen LogP contribution in [0.1, 0.15) is 42.0 Å². The minimum atomic E-state index is -1.03. The van der Waals surface area contributed by atoms with E-state index >= 15 is 0 Å². The zero-order chi connectivity index (χ0) is 22.8.